The van der Waals surface area contributed by atoms with E-state index in [4.69, 9.17) is 0 Å². The maximum atomic E-state index is 4.43. The summed E-state index contributed by atoms with van der Waals surface area (Å²) in [4.78, 5) is 6.90. The second-order valence-electron chi connectivity index (χ2n) is 6.99. The number of fused-ring (bicyclic) bond motifs is 3. The summed E-state index contributed by atoms with van der Waals surface area (Å²) < 4.78 is 2.55. The molecule has 4 rings (SSSR count). The molecule has 1 unspecified atom stereocenters. The Labute approximate surface area is 143 Å². The molecule has 0 fully saturated rings. The lowest BCUT2D eigenvalue weighted by atomic mass is 9.97. The fraction of sp³-hybridized carbons (Fsp3) is 0.381. The van der Waals surface area contributed by atoms with Crippen LogP contribution in [-0.4, -0.2) is 28.0 Å². The van der Waals surface area contributed by atoms with E-state index in [1.165, 1.54) is 27.7 Å². The molecular weight excluding hydrogens is 294 g/mol. The first-order chi connectivity index (χ1) is 11.6. The van der Waals surface area contributed by atoms with Crippen LogP contribution >= 0.6 is 0 Å². The van der Waals surface area contributed by atoms with Crippen molar-refractivity contribution in [2.24, 2.45) is 0 Å². The molecule has 3 nitrogen and oxygen atoms in total. The van der Waals surface area contributed by atoms with Crippen molar-refractivity contribution in [1.29, 1.82) is 0 Å². The normalized spacial score (nSPS) is 18.0. The topological polar surface area (TPSA) is 21.1 Å². The number of para-hydroxylation sites is 1. The van der Waals surface area contributed by atoms with Crippen LogP contribution in [0.2, 0.25) is 0 Å². The first-order valence-corrected chi connectivity index (χ1v) is 8.87. The first kappa shape index (κ1) is 15.4. The van der Waals surface area contributed by atoms with Crippen molar-refractivity contribution in [3.63, 3.8) is 0 Å². The first-order valence-electron chi connectivity index (χ1n) is 8.87. The lowest BCUT2D eigenvalue weighted by Crippen LogP contribution is -2.31. The van der Waals surface area contributed by atoms with Crippen LogP contribution in [0, 0.1) is 6.92 Å². The zero-order valence-corrected chi connectivity index (χ0v) is 14.8. The van der Waals surface area contributed by atoms with E-state index in [9.17, 15) is 0 Å². The summed E-state index contributed by atoms with van der Waals surface area (Å²) in [6.45, 7) is 6.53. The summed E-state index contributed by atoms with van der Waals surface area (Å²) in [5.41, 5.74) is 6.83. The molecule has 1 aliphatic rings. The van der Waals surface area contributed by atoms with Crippen molar-refractivity contribution >= 4 is 10.9 Å². The molecule has 3 heterocycles. The van der Waals surface area contributed by atoms with Gasteiger partial charge < -0.3 is 4.57 Å². The van der Waals surface area contributed by atoms with Gasteiger partial charge in [-0.15, -0.1) is 0 Å². The Morgan fingerprint density at radius 1 is 1.17 bits per heavy atom. The van der Waals surface area contributed by atoms with E-state index < -0.39 is 0 Å². The molecular formula is C21H25N3. The molecule has 1 aliphatic heterocycles. The fourth-order valence-corrected chi connectivity index (χ4v) is 3.96. The van der Waals surface area contributed by atoms with Crippen molar-refractivity contribution in [3.8, 4) is 0 Å². The Balaban J connectivity index is 1.74. The third kappa shape index (κ3) is 2.53. The Kier molecular flexibility index (Phi) is 3.89. The van der Waals surface area contributed by atoms with E-state index in [0.717, 1.165) is 31.6 Å². The minimum absolute atomic E-state index is 0.487. The highest BCUT2D eigenvalue weighted by Gasteiger charge is 2.27. The zero-order valence-electron chi connectivity index (χ0n) is 14.8. The SMILES string of the molecule is Cc1ccc(CCn2c3c(c4ccccc42)C(C)N(C)CC3)cn1. The number of hydrogen-bond donors (Lipinski definition) is 0. The molecule has 1 aromatic carbocycles. The van der Waals surface area contributed by atoms with Crippen LogP contribution in [-0.2, 0) is 19.4 Å². The van der Waals surface area contributed by atoms with Crippen LogP contribution in [0.15, 0.2) is 42.6 Å². The summed E-state index contributed by atoms with van der Waals surface area (Å²) in [6, 6.07) is 13.7. The zero-order chi connectivity index (χ0) is 16.7. The van der Waals surface area contributed by atoms with E-state index >= 15 is 0 Å². The Bertz CT molecular complexity index is 861. The molecule has 24 heavy (non-hydrogen) atoms. The number of aryl methyl sites for hydroxylation is 3. The fourth-order valence-electron chi connectivity index (χ4n) is 3.96. The van der Waals surface area contributed by atoms with Gasteiger partial charge in [0.05, 0.1) is 0 Å². The van der Waals surface area contributed by atoms with Crippen molar-refractivity contribution in [2.75, 3.05) is 13.6 Å². The van der Waals surface area contributed by atoms with Gasteiger partial charge >= 0.3 is 0 Å². The Morgan fingerprint density at radius 2 is 2.00 bits per heavy atom. The molecule has 0 saturated carbocycles. The molecule has 0 bridgehead atoms. The summed E-state index contributed by atoms with van der Waals surface area (Å²) in [5, 5.41) is 1.42. The molecule has 3 heteroatoms. The van der Waals surface area contributed by atoms with Gasteiger partial charge in [-0.25, -0.2) is 0 Å². The third-order valence-electron chi connectivity index (χ3n) is 5.50. The van der Waals surface area contributed by atoms with Gasteiger partial charge in [0.2, 0.25) is 0 Å². The minimum Gasteiger partial charge on any atom is -0.344 e. The maximum Gasteiger partial charge on any atom is 0.0486 e. The number of pyridine rings is 1. The van der Waals surface area contributed by atoms with Crippen molar-refractivity contribution in [1.82, 2.24) is 14.5 Å². The average molecular weight is 319 g/mol. The molecule has 0 amide bonds. The van der Waals surface area contributed by atoms with Gasteiger partial charge in [-0.1, -0.05) is 24.3 Å². The second-order valence-corrected chi connectivity index (χ2v) is 6.99. The molecule has 3 aromatic rings. The summed E-state index contributed by atoms with van der Waals surface area (Å²) in [7, 11) is 2.23. The molecule has 124 valence electrons. The van der Waals surface area contributed by atoms with Crippen LogP contribution in [0.1, 0.15) is 35.5 Å². The van der Waals surface area contributed by atoms with Crippen LogP contribution in [0.3, 0.4) is 0 Å². The summed E-state index contributed by atoms with van der Waals surface area (Å²) in [6.07, 6.45) is 4.18. The van der Waals surface area contributed by atoms with Crippen LogP contribution in [0.25, 0.3) is 10.9 Å². The van der Waals surface area contributed by atoms with Crippen LogP contribution in [0.5, 0.6) is 0 Å². The van der Waals surface area contributed by atoms with E-state index in [1.54, 1.807) is 0 Å². The maximum absolute atomic E-state index is 4.43. The van der Waals surface area contributed by atoms with Crippen molar-refractivity contribution < 1.29 is 0 Å². The third-order valence-corrected chi connectivity index (χ3v) is 5.50. The highest BCUT2D eigenvalue weighted by Crippen LogP contribution is 2.36. The number of aromatic nitrogens is 2. The lowest BCUT2D eigenvalue weighted by Gasteiger charge is -2.31. The molecule has 2 aromatic heterocycles. The van der Waals surface area contributed by atoms with Gasteiger partial charge in [-0.2, -0.15) is 0 Å². The molecule has 1 atom stereocenters. The largest absolute Gasteiger partial charge is 0.344 e. The molecule has 0 aliphatic carbocycles. The Morgan fingerprint density at radius 3 is 2.79 bits per heavy atom. The van der Waals surface area contributed by atoms with E-state index in [2.05, 4.69) is 64.8 Å². The molecule has 0 spiro atoms. The van der Waals surface area contributed by atoms with E-state index in [-0.39, 0.29) is 0 Å². The molecule has 0 N–H and O–H groups in total. The van der Waals surface area contributed by atoms with E-state index in [0.29, 0.717) is 6.04 Å². The van der Waals surface area contributed by atoms with Crippen LogP contribution in [0.4, 0.5) is 0 Å². The van der Waals surface area contributed by atoms with Gasteiger partial charge in [0, 0.05) is 54.0 Å². The average Bonchev–Trinajstić information content (AvgIpc) is 2.92. The van der Waals surface area contributed by atoms with Gasteiger partial charge in [0.1, 0.15) is 0 Å². The Hall–Kier alpha value is -2.13. The number of rotatable bonds is 3. The van der Waals surface area contributed by atoms with Crippen molar-refractivity contribution in [3.05, 3.63) is 65.1 Å². The predicted octanol–water partition coefficient (Wildman–Crippen LogP) is 4.14. The summed E-state index contributed by atoms with van der Waals surface area (Å²) in [5.74, 6) is 0. The predicted molar refractivity (Wildman–Crippen MR) is 99.4 cm³/mol. The van der Waals surface area contributed by atoms with Crippen LogP contribution < -0.4 is 0 Å². The molecule has 0 saturated heterocycles. The van der Waals surface area contributed by atoms with Gasteiger partial charge in [-0.3, -0.25) is 9.88 Å². The minimum atomic E-state index is 0.487. The number of likely N-dealkylation sites (N-methyl/N-ethyl adjacent to an activating group) is 1. The standard InChI is InChI=1S/C21H25N3/c1-15-8-9-17(14-22-15)10-13-24-19-7-5-4-6-18(19)21-16(2)23(3)12-11-20(21)24/h4-9,14,16H,10-13H2,1-3H3. The van der Waals surface area contributed by atoms with Gasteiger partial charge in [0.25, 0.3) is 0 Å². The number of hydrogen-bond acceptors (Lipinski definition) is 2. The molecule has 0 radical (unpaired) electrons. The number of nitrogens with zero attached hydrogens (tertiary/aromatic N) is 3. The summed E-state index contributed by atoms with van der Waals surface area (Å²) >= 11 is 0. The van der Waals surface area contributed by atoms with Gasteiger partial charge in [-0.05, 0) is 50.6 Å². The lowest BCUT2D eigenvalue weighted by molar-refractivity contribution is 0.245. The van der Waals surface area contributed by atoms with Crippen molar-refractivity contribution in [2.45, 2.75) is 39.3 Å². The monoisotopic (exact) mass is 319 g/mol. The van der Waals surface area contributed by atoms with E-state index in [1.807, 2.05) is 13.1 Å². The highest BCUT2D eigenvalue weighted by atomic mass is 15.1. The smallest absolute Gasteiger partial charge is 0.0486 e. The highest BCUT2D eigenvalue weighted by molar-refractivity contribution is 5.86. The quantitative estimate of drug-likeness (QED) is 0.723. The number of benzene rings is 1. The van der Waals surface area contributed by atoms with Gasteiger partial charge in [0.15, 0.2) is 0 Å². The second kappa shape index (κ2) is 6.06.